The smallest absolute Gasteiger partial charge is 0.0513 e. The van der Waals surface area contributed by atoms with Gasteiger partial charge in [-0.1, -0.05) is 25.8 Å². The molecule has 0 amide bonds. The molecule has 2 atom stereocenters. The molecule has 1 aromatic carbocycles. The molecule has 1 saturated heterocycles. The summed E-state index contributed by atoms with van der Waals surface area (Å²) in [6.07, 6.45) is 8.26. The molecule has 0 bridgehead atoms. The van der Waals surface area contributed by atoms with E-state index in [0.717, 1.165) is 25.0 Å². The number of nitrogens with zero attached hydrogens (tertiary/aromatic N) is 1. The first-order chi connectivity index (χ1) is 10.3. The van der Waals surface area contributed by atoms with Crippen molar-refractivity contribution in [2.45, 2.75) is 58.0 Å². The van der Waals surface area contributed by atoms with E-state index in [1.807, 2.05) is 0 Å². The van der Waals surface area contributed by atoms with Gasteiger partial charge in [0.1, 0.15) is 0 Å². The van der Waals surface area contributed by atoms with E-state index < -0.39 is 0 Å². The second-order valence-corrected chi connectivity index (χ2v) is 7.41. The van der Waals surface area contributed by atoms with Gasteiger partial charge in [0.15, 0.2) is 0 Å². The van der Waals surface area contributed by atoms with E-state index in [9.17, 15) is 0 Å². The first-order valence-corrected chi connectivity index (χ1v) is 9.34. The van der Waals surface area contributed by atoms with Gasteiger partial charge < -0.3 is 10.2 Å². The highest BCUT2D eigenvalue weighted by Crippen LogP contribution is 2.41. The normalized spacial score (nSPS) is 25.1. The molecule has 1 aromatic rings. The molecule has 1 N–H and O–H groups in total. The zero-order valence-corrected chi connectivity index (χ0v) is 14.7. The van der Waals surface area contributed by atoms with E-state index >= 15 is 0 Å². The molecule has 21 heavy (non-hydrogen) atoms. The van der Waals surface area contributed by atoms with Crippen LogP contribution in [-0.2, 0) is 6.54 Å². The van der Waals surface area contributed by atoms with Gasteiger partial charge in [-0.15, -0.1) is 0 Å². The molecule has 3 rings (SSSR count). The van der Waals surface area contributed by atoms with Crippen LogP contribution >= 0.6 is 15.9 Å². The van der Waals surface area contributed by atoms with Gasteiger partial charge in [0.05, 0.1) is 5.69 Å². The van der Waals surface area contributed by atoms with Gasteiger partial charge in [0.2, 0.25) is 0 Å². The average Bonchev–Trinajstić information content (AvgIpc) is 2.92. The lowest BCUT2D eigenvalue weighted by atomic mass is 9.85. The van der Waals surface area contributed by atoms with E-state index in [2.05, 4.69) is 51.3 Å². The number of fused-ring (bicyclic) bond motifs is 1. The molecule has 0 radical (unpaired) electrons. The predicted octanol–water partition coefficient (Wildman–Crippen LogP) is 4.72. The Labute approximate surface area is 137 Å². The van der Waals surface area contributed by atoms with Crippen molar-refractivity contribution in [3.8, 4) is 0 Å². The summed E-state index contributed by atoms with van der Waals surface area (Å²) >= 11 is 3.81. The first-order valence-electron chi connectivity index (χ1n) is 8.55. The van der Waals surface area contributed by atoms with E-state index in [1.54, 1.807) is 0 Å². The van der Waals surface area contributed by atoms with Crippen molar-refractivity contribution in [3.05, 3.63) is 28.2 Å². The molecule has 116 valence electrons. The fourth-order valence-electron chi connectivity index (χ4n) is 4.01. The third-order valence-corrected chi connectivity index (χ3v) is 5.72. The summed E-state index contributed by atoms with van der Waals surface area (Å²) in [6.45, 7) is 5.51. The van der Waals surface area contributed by atoms with Crippen molar-refractivity contribution in [1.29, 1.82) is 0 Å². The molecule has 1 saturated carbocycles. The molecule has 1 heterocycles. The van der Waals surface area contributed by atoms with Crippen LogP contribution < -0.4 is 10.2 Å². The molecular formula is C18H27BrN2. The van der Waals surface area contributed by atoms with Crippen LogP contribution in [0.1, 0.15) is 51.0 Å². The number of halogens is 1. The lowest BCUT2D eigenvalue weighted by Gasteiger charge is -2.33. The maximum absolute atomic E-state index is 3.81. The number of hydrogen-bond acceptors (Lipinski definition) is 2. The van der Waals surface area contributed by atoms with Crippen molar-refractivity contribution in [2.75, 3.05) is 18.0 Å². The zero-order valence-electron chi connectivity index (χ0n) is 13.1. The topological polar surface area (TPSA) is 15.3 Å². The minimum atomic E-state index is 0.791. The maximum atomic E-state index is 3.81. The minimum absolute atomic E-state index is 0.791. The van der Waals surface area contributed by atoms with Crippen LogP contribution in [0.5, 0.6) is 0 Å². The van der Waals surface area contributed by atoms with Gasteiger partial charge in [-0.25, -0.2) is 0 Å². The van der Waals surface area contributed by atoms with Crippen LogP contribution in [0.3, 0.4) is 0 Å². The molecular weight excluding hydrogens is 324 g/mol. The van der Waals surface area contributed by atoms with Crippen molar-refractivity contribution >= 4 is 21.6 Å². The zero-order chi connectivity index (χ0) is 14.7. The molecule has 1 aliphatic heterocycles. The third kappa shape index (κ3) is 3.45. The van der Waals surface area contributed by atoms with E-state index in [0.29, 0.717) is 0 Å². The summed E-state index contributed by atoms with van der Waals surface area (Å²) in [5.74, 6) is 0.941. The molecule has 2 fully saturated rings. The maximum Gasteiger partial charge on any atom is 0.0513 e. The Morgan fingerprint density at radius 1 is 1.24 bits per heavy atom. The molecule has 2 aliphatic rings. The van der Waals surface area contributed by atoms with Crippen molar-refractivity contribution < 1.29 is 0 Å². The lowest BCUT2D eigenvalue weighted by molar-refractivity contribution is 0.342. The number of hydrogen-bond donors (Lipinski definition) is 1. The predicted molar refractivity (Wildman–Crippen MR) is 93.8 cm³/mol. The Morgan fingerprint density at radius 3 is 2.90 bits per heavy atom. The third-order valence-electron chi connectivity index (χ3n) is 5.09. The SMILES string of the molecule is CCCNCc1ccc(N2CCC3CCCCC32)c(Br)c1. The van der Waals surface area contributed by atoms with E-state index in [-0.39, 0.29) is 0 Å². The highest BCUT2D eigenvalue weighted by molar-refractivity contribution is 9.10. The van der Waals surface area contributed by atoms with Crippen LogP contribution in [-0.4, -0.2) is 19.1 Å². The second-order valence-electron chi connectivity index (χ2n) is 6.56. The van der Waals surface area contributed by atoms with Crippen molar-refractivity contribution in [2.24, 2.45) is 5.92 Å². The van der Waals surface area contributed by atoms with Gasteiger partial charge in [0.25, 0.3) is 0 Å². The highest BCUT2D eigenvalue weighted by atomic mass is 79.9. The Kier molecular flexibility index (Phi) is 5.23. The summed E-state index contributed by atoms with van der Waals surface area (Å²) < 4.78 is 1.27. The molecule has 2 unspecified atom stereocenters. The first kappa shape index (κ1) is 15.4. The van der Waals surface area contributed by atoms with Gasteiger partial charge in [-0.2, -0.15) is 0 Å². The summed E-state index contributed by atoms with van der Waals surface area (Å²) in [4.78, 5) is 2.66. The number of rotatable bonds is 5. The van der Waals surface area contributed by atoms with Crippen LogP contribution in [0.2, 0.25) is 0 Å². The number of anilines is 1. The summed E-state index contributed by atoms with van der Waals surface area (Å²) in [5, 5.41) is 3.48. The van der Waals surface area contributed by atoms with E-state index in [4.69, 9.17) is 0 Å². The Bertz CT molecular complexity index is 474. The molecule has 0 spiro atoms. The quantitative estimate of drug-likeness (QED) is 0.773. The molecule has 1 aliphatic carbocycles. The van der Waals surface area contributed by atoms with Crippen LogP contribution in [0, 0.1) is 5.92 Å². The average molecular weight is 351 g/mol. The fraction of sp³-hybridized carbons (Fsp3) is 0.667. The van der Waals surface area contributed by atoms with Crippen LogP contribution in [0.25, 0.3) is 0 Å². The Balaban J connectivity index is 1.70. The molecule has 2 nitrogen and oxygen atoms in total. The standard InChI is InChI=1S/C18H27BrN2/c1-2-10-20-13-14-7-8-18(16(19)12-14)21-11-9-15-5-3-4-6-17(15)21/h7-8,12,15,17,20H,2-6,9-11,13H2,1H3. The van der Waals surface area contributed by atoms with Gasteiger partial charge in [0, 0.05) is 23.6 Å². The highest BCUT2D eigenvalue weighted by Gasteiger charge is 2.36. The summed E-state index contributed by atoms with van der Waals surface area (Å²) in [5.41, 5.74) is 2.78. The van der Waals surface area contributed by atoms with Crippen molar-refractivity contribution in [1.82, 2.24) is 5.32 Å². The monoisotopic (exact) mass is 350 g/mol. The van der Waals surface area contributed by atoms with Gasteiger partial charge >= 0.3 is 0 Å². The van der Waals surface area contributed by atoms with Crippen LogP contribution in [0.4, 0.5) is 5.69 Å². The largest absolute Gasteiger partial charge is 0.367 e. The second kappa shape index (κ2) is 7.15. The van der Waals surface area contributed by atoms with Gasteiger partial charge in [-0.05, 0) is 71.8 Å². The summed E-state index contributed by atoms with van der Waals surface area (Å²) in [6, 6.07) is 7.70. The Morgan fingerprint density at radius 2 is 2.10 bits per heavy atom. The van der Waals surface area contributed by atoms with Gasteiger partial charge in [-0.3, -0.25) is 0 Å². The van der Waals surface area contributed by atoms with E-state index in [1.165, 1.54) is 60.8 Å². The lowest BCUT2D eigenvalue weighted by Crippen LogP contribution is -2.34. The van der Waals surface area contributed by atoms with Crippen LogP contribution in [0.15, 0.2) is 22.7 Å². The number of nitrogens with one attached hydrogen (secondary N) is 1. The minimum Gasteiger partial charge on any atom is -0.367 e. The molecule has 0 aromatic heterocycles. The summed E-state index contributed by atoms with van der Waals surface area (Å²) in [7, 11) is 0. The van der Waals surface area contributed by atoms with Crippen molar-refractivity contribution in [3.63, 3.8) is 0 Å². The Hall–Kier alpha value is -0.540. The number of benzene rings is 1. The fourth-order valence-corrected chi connectivity index (χ4v) is 4.66. The molecule has 3 heteroatoms.